The van der Waals surface area contributed by atoms with Crippen molar-refractivity contribution in [3.8, 4) is 29.1 Å². The number of methoxy groups -OCH3 is 2. The number of esters is 1. The third-order valence-electron chi connectivity index (χ3n) is 9.28. The van der Waals surface area contributed by atoms with Gasteiger partial charge in [-0.05, 0) is 99.8 Å². The summed E-state index contributed by atoms with van der Waals surface area (Å²) in [5.41, 5.74) is 6.47. The van der Waals surface area contributed by atoms with Gasteiger partial charge in [0.2, 0.25) is 0 Å². The Morgan fingerprint density at radius 2 is 1.49 bits per heavy atom. The van der Waals surface area contributed by atoms with Crippen molar-refractivity contribution >= 4 is 5.97 Å². The van der Waals surface area contributed by atoms with E-state index in [-0.39, 0.29) is 37.1 Å². The SMILES string of the molecule is CCOc1cc2c(cc1OCC)C(COC(=O)CCc1ccc(C)cc1)N1C(C2)[C@H](N(C)C)c2cc(OC)c(OC)cc2C[C@@H]1C#N. The average molecular weight is 642 g/mol. The second kappa shape index (κ2) is 15.1. The summed E-state index contributed by atoms with van der Waals surface area (Å²) >= 11 is 0. The molecule has 2 aliphatic rings. The molecule has 2 aliphatic heterocycles. The van der Waals surface area contributed by atoms with Crippen LogP contribution in [0.15, 0.2) is 48.5 Å². The minimum absolute atomic E-state index is 0.0989. The number of rotatable bonds is 12. The fourth-order valence-electron chi connectivity index (χ4n) is 7.15. The Morgan fingerprint density at radius 1 is 0.894 bits per heavy atom. The maximum atomic E-state index is 13.2. The van der Waals surface area contributed by atoms with Crippen molar-refractivity contribution in [2.24, 2.45) is 0 Å². The fraction of sp³-hybridized carbons (Fsp3) is 0.474. The topological polar surface area (TPSA) is 93.5 Å². The molecule has 3 aromatic rings. The fourth-order valence-corrected chi connectivity index (χ4v) is 7.15. The lowest BCUT2D eigenvalue weighted by Crippen LogP contribution is -2.54. The summed E-state index contributed by atoms with van der Waals surface area (Å²) in [6, 6.07) is 17.9. The molecule has 0 saturated carbocycles. The molecule has 250 valence electrons. The molecule has 2 heterocycles. The van der Waals surface area contributed by atoms with Crippen molar-refractivity contribution in [2.75, 3.05) is 48.1 Å². The second-order valence-electron chi connectivity index (χ2n) is 12.4. The number of hydrogen-bond acceptors (Lipinski definition) is 9. The van der Waals surface area contributed by atoms with Crippen LogP contribution < -0.4 is 18.9 Å². The molecule has 0 saturated heterocycles. The molecule has 0 aliphatic carbocycles. The maximum absolute atomic E-state index is 13.2. The van der Waals surface area contributed by atoms with E-state index in [0.717, 1.165) is 27.8 Å². The molecule has 9 nitrogen and oxygen atoms in total. The van der Waals surface area contributed by atoms with Gasteiger partial charge in [0.1, 0.15) is 12.6 Å². The van der Waals surface area contributed by atoms with E-state index in [1.54, 1.807) is 14.2 Å². The van der Waals surface area contributed by atoms with Crippen molar-refractivity contribution in [3.63, 3.8) is 0 Å². The zero-order valence-electron chi connectivity index (χ0n) is 28.7. The number of aryl methyl sites for hydroxylation is 2. The number of likely N-dealkylation sites (N-methyl/N-ethyl adjacent to an activating group) is 1. The van der Waals surface area contributed by atoms with Crippen molar-refractivity contribution in [1.29, 1.82) is 5.26 Å². The summed E-state index contributed by atoms with van der Waals surface area (Å²) in [5.74, 6) is 2.35. The average Bonchev–Trinajstić information content (AvgIpc) is 3.20. The third-order valence-corrected chi connectivity index (χ3v) is 9.28. The molecule has 0 N–H and O–H groups in total. The molecule has 0 spiro atoms. The maximum Gasteiger partial charge on any atom is 0.306 e. The first kappa shape index (κ1) is 34.1. The Bertz CT molecular complexity index is 1600. The van der Waals surface area contributed by atoms with Gasteiger partial charge in [-0.15, -0.1) is 0 Å². The van der Waals surface area contributed by atoms with E-state index < -0.39 is 6.04 Å². The molecule has 4 atom stereocenters. The van der Waals surface area contributed by atoms with E-state index in [2.05, 4.69) is 54.2 Å². The molecule has 9 heteroatoms. The highest BCUT2D eigenvalue weighted by molar-refractivity contribution is 5.69. The number of nitriles is 1. The van der Waals surface area contributed by atoms with Gasteiger partial charge in [0.05, 0.1) is 45.6 Å². The molecule has 5 rings (SSSR count). The third kappa shape index (κ3) is 7.19. The lowest BCUT2D eigenvalue weighted by Gasteiger charge is -2.48. The van der Waals surface area contributed by atoms with E-state index >= 15 is 0 Å². The Kier molecular flexibility index (Phi) is 10.9. The summed E-state index contributed by atoms with van der Waals surface area (Å²) in [7, 11) is 7.40. The number of carbonyl (C=O) groups is 1. The highest BCUT2D eigenvalue weighted by Gasteiger charge is 2.47. The Balaban J connectivity index is 1.58. The highest BCUT2D eigenvalue weighted by atomic mass is 16.5. The first-order chi connectivity index (χ1) is 22.7. The van der Waals surface area contributed by atoms with Crippen molar-refractivity contribution in [3.05, 3.63) is 81.9 Å². The van der Waals surface area contributed by atoms with Crippen LogP contribution in [0.1, 0.15) is 65.7 Å². The molecule has 2 unspecified atom stereocenters. The van der Waals surface area contributed by atoms with Crippen LogP contribution in [0.5, 0.6) is 23.0 Å². The van der Waals surface area contributed by atoms with Crippen molar-refractivity contribution in [2.45, 2.75) is 70.6 Å². The van der Waals surface area contributed by atoms with E-state index in [1.165, 1.54) is 5.56 Å². The van der Waals surface area contributed by atoms with Gasteiger partial charge in [0.15, 0.2) is 23.0 Å². The van der Waals surface area contributed by atoms with Crippen molar-refractivity contribution < 1.29 is 28.5 Å². The minimum Gasteiger partial charge on any atom is -0.493 e. The molecule has 0 radical (unpaired) electrons. The molecule has 0 bridgehead atoms. The van der Waals surface area contributed by atoms with Crippen LogP contribution in [0.25, 0.3) is 0 Å². The minimum atomic E-state index is -0.492. The van der Waals surface area contributed by atoms with Crippen LogP contribution in [0, 0.1) is 18.3 Å². The molecule has 0 aromatic heterocycles. The zero-order chi connectivity index (χ0) is 33.7. The van der Waals surface area contributed by atoms with Crippen LogP contribution in [0.4, 0.5) is 0 Å². The van der Waals surface area contributed by atoms with E-state index in [9.17, 15) is 10.1 Å². The van der Waals surface area contributed by atoms with Crippen LogP contribution in [0.2, 0.25) is 0 Å². The van der Waals surface area contributed by atoms with E-state index in [1.807, 2.05) is 45.0 Å². The normalized spacial score (nSPS) is 20.2. The first-order valence-electron chi connectivity index (χ1n) is 16.4. The number of nitrogens with zero attached hydrogens (tertiary/aromatic N) is 3. The Labute approximate surface area is 278 Å². The van der Waals surface area contributed by atoms with Gasteiger partial charge in [-0.1, -0.05) is 29.8 Å². The van der Waals surface area contributed by atoms with Crippen LogP contribution >= 0.6 is 0 Å². The summed E-state index contributed by atoms with van der Waals surface area (Å²) in [6.07, 6.45) is 2.01. The largest absolute Gasteiger partial charge is 0.493 e. The number of fused-ring (bicyclic) bond motifs is 3. The second-order valence-corrected chi connectivity index (χ2v) is 12.4. The van der Waals surface area contributed by atoms with Crippen LogP contribution in [-0.4, -0.2) is 76.0 Å². The Hall–Kier alpha value is -4.26. The van der Waals surface area contributed by atoms with Gasteiger partial charge < -0.3 is 28.6 Å². The number of ether oxygens (including phenoxy) is 5. The standard InChI is InChI=1S/C38H47N3O6/c1-8-45-35-19-27-17-31-38(40(4)5)30-21-34(44-7)33(43-6)18-26(30)16-28(22-39)41(31)32(29(27)20-36(35)46-9-2)23-47-37(42)15-14-25-12-10-24(3)11-13-25/h10-13,18-21,28,31-32,38H,8-9,14-17,23H2,1-7H3/t28-,31?,32?,38-/m1/s1. The lowest BCUT2D eigenvalue weighted by atomic mass is 9.82. The summed E-state index contributed by atoms with van der Waals surface area (Å²) in [6.45, 7) is 7.04. The quantitative estimate of drug-likeness (QED) is 0.221. The number of carbonyl (C=O) groups excluding carboxylic acids is 1. The predicted molar refractivity (Wildman–Crippen MR) is 180 cm³/mol. The van der Waals surface area contributed by atoms with E-state index in [4.69, 9.17) is 23.7 Å². The summed E-state index contributed by atoms with van der Waals surface area (Å²) in [5, 5.41) is 10.7. The first-order valence-corrected chi connectivity index (χ1v) is 16.4. The summed E-state index contributed by atoms with van der Waals surface area (Å²) in [4.78, 5) is 17.7. The molecule has 3 aromatic carbocycles. The monoisotopic (exact) mass is 641 g/mol. The molecule has 47 heavy (non-hydrogen) atoms. The summed E-state index contributed by atoms with van der Waals surface area (Å²) < 4.78 is 29.6. The van der Waals surface area contributed by atoms with Gasteiger partial charge in [0.25, 0.3) is 0 Å². The van der Waals surface area contributed by atoms with Crippen molar-refractivity contribution in [1.82, 2.24) is 9.80 Å². The molecule has 0 amide bonds. The molecular weight excluding hydrogens is 594 g/mol. The van der Waals surface area contributed by atoms with Crippen LogP contribution in [-0.2, 0) is 28.8 Å². The van der Waals surface area contributed by atoms with Gasteiger partial charge in [-0.25, -0.2) is 0 Å². The molecule has 0 fully saturated rings. The van der Waals surface area contributed by atoms with Crippen LogP contribution in [0.3, 0.4) is 0 Å². The lowest BCUT2D eigenvalue weighted by molar-refractivity contribution is -0.146. The van der Waals surface area contributed by atoms with Gasteiger partial charge in [-0.3, -0.25) is 9.69 Å². The van der Waals surface area contributed by atoms with Gasteiger partial charge >= 0.3 is 5.97 Å². The van der Waals surface area contributed by atoms with Gasteiger partial charge in [-0.2, -0.15) is 5.26 Å². The number of benzene rings is 3. The Morgan fingerprint density at radius 3 is 2.11 bits per heavy atom. The molecular formula is C38H47N3O6. The predicted octanol–water partition coefficient (Wildman–Crippen LogP) is 6.00. The highest BCUT2D eigenvalue weighted by Crippen LogP contribution is 2.48. The van der Waals surface area contributed by atoms with Gasteiger partial charge in [0, 0.05) is 18.9 Å². The smallest absolute Gasteiger partial charge is 0.306 e. The van der Waals surface area contributed by atoms with E-state index in [0.29, 0.717) is 55.5 Å². The number of hydrogen-bond donors (Lipinski definition) is 0. The zero-order valence-corrected chi connectivity index (χ0v) is 28.7.